The van der Waals surface area contributed by atoms with Crippen LogP contribution < -0.4 is 21.7 Å². The molecule has 0 unspecified atom stereocenters. The molecule has 0 spiro atoms. The number of rotatable bonds is 25. The van der Waals surface area contributed by atoms with E-state index in [4.69, 9.17) is 20.4 Å². The summed E-state index contributed by atoms with van der Waals surface area (Å²) in [4.78, 5) is 111. The molecule has 1 aliphatic heterocycles. The van der Waals surface area contributed by atoms with E-state index in [1.54, 1.807) is 33.7 Å². The molecule has 0 saturated heterocycles. The van der Waals surface area contributed by atoms with E-state index in [9.17, 15) is 33.6 Å². The van der Waals surface area contributed by atoms with Gasteiger partial charge in [-0.1, -0.05) is 80.9 Å². The number of nitrogens with one attached hydrogen (secondary N) is 4. The molecule has 3 aromatic carbocycles. The van der Waals surface area contributed by atoms with E-state index in [1.165, 1.54) is 18.5 Å². The minimum Gasteiger partial charge on any atom is -0.445 e. The molecule has 2 atom stereocenters. The minimum atomic E-state index is -0.857. The fraction of sp³-hybridized carbons (Fsp3) is 0.316. The van der Waals surface area contributed by atoms with Crippen LogP contribution in [-0.2, 0) is 48.4 Å². The number of unbranched alkanes of at least 4 members (excludes halogenated alkanes) is 2. The average molecular weight is 1040 g/mol. The van der Waals surface area contributed by atoms with Gasteiger partial charge >= 0.3 is 12.1 Å². The van der Waals surface area contributed by atoms with E-state index in [-0.39, 0.29) is 81.5 Å². The number of primary amides is 1. The Hall–Kier alpha value is -9.07. The first-order valence-corrected chi connectivity index (χ1v) is 25.7. The van der Waals surface area contributed by atoms with E-state index < -0.39 is 30.0 Å². The van der Waals surface area contributed by atoms with Gasteiger partial charge in [-0.2, -0.15) is 5.10 Å². The number of Topliss-reactive ketones (excluding diaryl/α,β-unsaturated/α-hetero) is 1. The van der Waals surface area contributed by atoms with Crippen molar-refractivity contribution in [3.8, 4) is 22.6 Å². The molecule has 7 aromatic rings. The van der Waals surface area contributed by atoms with Gasteiger partial charge in [0.05, 0.1) is 36.2 Å². The Morgan fingerprint density at radius 2 is 1.60 bits per heavy atom. The maximum atomic E-state index is 14.3. The number of nitrogens with zero attached hydrogens (tertiary/aromatic N) is 7. The SMILES string of the molecule is Cc1cccc(-c2[nH]c(CN(Cc3cccc4ccccc34)C(=O)OCc3ccc(NC(=O)[C@H](CCCNC(N)=O)CC(=O)[C@@H](NC(=O)CCCCCN4C(=O)C=CC4=O)C(C)C)cc3)nc2-c2ccc3ncnn3c2)n1. The predicted octanol–water partition coefficient (Wildman–Crippen LogP) is 7.57. The molecule has 77 heavy (non-hydrogen) atoms. The van der Waals surface area contributed by atoms with Gasteiger partial charge in [0.15, 0.2) is 11.4 Å². The van der Waals surface area contributed by atoms with Gasteiger partial charge in [-0.3, -0.25) is 38.8 Å². The summed E-state index contributed by atoms with van der Waals surface area (Å²) in [6.45, 7) is 6.15. The molecule has 0 bridgehead atoms. The molecule has 5 heterocycles. The van der Waals surface area contributed by atoms with Crippen molar-refractivity contribution >= 4 is 63.6 Å². The number of benzene rings is 3. The molecular formula is C57H62N12O8. The number of urea groups is 1. The van der Waals surface area contributed by atoms with Crippen LogP contribution in [-0.4, -0.2) is 100 Å². The second kappa shape index (κ2) is 25.4. The van der Waals surface area contributed by atoms with Crippen molar-refractivity contribution < 1.29 is 38.3 Å². The summed E-state index contributed by atoms with van der Waals surface area (Å²) in [5.41, 5.74) is 11.5. The highest BCUT2D eigenvalue weighted by Crippen LogP contribution is 2.31. The number of anilines is 1. The fourth-order valence-corrected chi connectivity index (χ4v) is 9.20. The zero-order chi connectivity index (χ0) is 54.4. The minimum absolute atomic E-state index is 0.0526. The number of fused-ring (bicyclic) bond motifs is 2. The van der Waals surface area contributed by atoms with Crippen molar-refractivity contribution in [3.05, 3.63) is 144 Å². The van der Waals surface area contributed by atoms with Gasteiger partial charge in [0.1, 0.15) is 18.8 Å². The molecule has 0 aliphatic carbocycles. The van der Waals surface area contributed by atoms with Crippen LogP contribution in [0.2, 0.25) is 0 Å². The van der Waals surface area contributed by atoms with Crippen LogP contribution >= 0.6 is 0 Å². The Morgan fingerprint density at radius 1 is 0.831 bits per heavy atom. The van der Waals surface area contributed by atoms with Crippen molar-refractivity contribution in [1.29, 1.82) is 0 Å². The number of pyridine rings is 2. The largest absolute Gasteiger partial charge is 0.445 e. The zero-order valence-electron chi connectivity index (χ0n) is 43.2. The number of ether oxygens (including phenoxy) is 1. The summed E-state index contributed by atoms with van der Waals surface area (Å²) in [5.74, 6) is -2.37. The van der Waals surface area contributed by atoms with Crippen LogP contribution in [0.15, 0.2) is 122 Å². The Balaban J connectivity index is 0.926. The van der Waals surface area contributed by atoms with E-state index in [2.05, 4.69) is 31.0 Å². The molecular weight excluding hydrogens is 981 g/mol. The lowest BCUT2D eigenvalue weighted by Gasteiger charge is -2.24. The van der Waals surface area contributed by atoms with Crippen LogP contribution in [0.4, 0.5) is 15.3 Å². The predicted molar refractivity (Wildman–Crippen MR) is 288 cm³/mol. The van der Waals surface area contributed by atoms with Crippen LogP contribution in [0.5, 0.6) is 0 Å². The van der Waals surface area contributed by atoms with Crippen LogP contribution in [0, 0.1) is 18.8 Å². The third-order valence-electron chi connectivity index (χ3n) is 13.2. The third kappa shape index (κ3) is 14.4. The second-order valence-corrected chi connectivity index (χ2v) is 19.3. The van der Waals surface area contributed by atoms with Gasteiger partial charge in [-0.05, 0) is 96.8 Å². The summed E-state index contributed by atoms with van der Waals surface area (Å²) in [7, 11) is 0. The number of ketones is 1. The van der Waals surface area contributed by atoms with E-state index in [1.807, 2.05) is 99.8 Å². The van der Waals surface area contributed by atoms with Crippen LogP contribution in [0.3, 0.4) is 0 Å². The number of hydrogen-bond donors (Lipinski definition) is 5. The normalized spacial score (nSPS) is 13.0. The number of aromatic amines is 1. The molecule has 398 valence electrons. The summed E-state index contributed by atoms with van der Waals surface area (Å²) in [5, 5.41) is 14.6. The first-order valence-electron chi connectivity index (χ1n) is 25.7. The number of hydrogen-bond acceptors (Lipinski definition) is 12. The van der Waals surface area contributed by atoms with Gasteiger partial charge in [0.25, 0.3) is 11.8 Å². The van der Waals surface area contributed by atoms with E-state index >= 15 is 0 Å². The lowest BCUT2D eigenvalue weighted by molar-refractivity contribution is -0.137. The number of nitrogens with two attached hydrogens (primary N) is 1. The third-order valence-corrected chi connectivity index (χ3v) is 13.2. The fourth-order valence-electron chi connectivity index (χ4n) is 9.20. The lowest BCUT2D eigenvalue weighted by atomic mass is 9.89. The highest BCUT2D eigenvalue weighted by Gasteiger charge is 2.30. The van der Waals surface area contributed by atoms with Crippen LogP contribution in [0.1, 0.15) is 81.4 Å². The molecule has 20 nitrogen and oxygen atoms in total. The van der Waals surface area contributed by atoms with Gasteiger partial charge in [-0.15, -0.1) is 0 Å². The summed E-state index contributed by atoms with van der Waals surface area (Å²) in [6.07, 6.45) is 7.38. The quantitative estimate of drug-likeness (QED) is 0.0274. The molecule has 1 aliphatic rings. The first kappa shape index (κ1) is 54.2. The highest BCUT2D eigenvalue weighted by atomic mass is 16.6. The van der Waals surface area contributed by atoms with Gasteiger partial charge in [0.2, 0.25) is 11.8 Å². The topological polar surface area (TPSA) is 269 Å². The number of carbonyl (C=O) groups excluding carboxylic acids is 7. The Labute approximate surface area is 444 Å². The maximum absolute atomic E-state index is 14.3. The number of aromatic nitrogens is 6. The zero-order valence-corrected chi connectivity index (χ0v) is 43.2. The van der Waals surface area contributed by atoms with Crippen molar-refractivity contribution in [1.82, 2.24) is 50.0 Å². The Morgan fingerprint density at radius 3 is 2.36 bits per heavy atom. The number of imide groups is 1. The smallest absolute Gasteiger partial charge is 0.410 e. The molecule has 20 heteroatoms. The number of aryl methyl sites for hydroxylation is 1. The maximum Gasteiger partial charge on any atom is 0.410 e. The van der Waals surface area contributed by atoms with E-state index in [0.717, 1.165) is 32.5 Å². The molecule has 4 aromatic heterocycles. The summed E-state index contributed by atoms with van der Waals surface area (Å²) in [6, 6.07) is 28.7. The van der Waals surface area contributed by atoms with Gasteiger partial charge < -0.3 is 31.4 Å². The Kier molecular flexibility index (Phi) is 17.9. The van der Waals surface area contributed by atoms with Crippen LogP contribution in [0.25, 0.3) is 39.1 Å². The Bertz CT molecular complexity index is 3290. The van der Waals surface area contributed by atoms with Gasteiger partial charge in [0, 0.05) is 67.1 Å². The molecule has 8 rings (SSSR count). The highest BCUT2D eigenvalue weighted by molar-refractivity contribution is 6.12. The van der Waals surface area contributed by atoms with Crippen molar-refractivity contribution in [2.24, 2.45) is 17.6 Å². The van der Waals surface area contributed by atoms with Crippen molar-refractivity contribution in [2.45, 2.75) is 91.5 Å². The van der Waals surface area contributed by atoms with E-state index in [0.29, 0.717) is 65.5 Å². The number of imidazole rings is 1. The standard InChI is InChI=1S/C57H62N12O8/c1-36(2)52(66-49(71)19-5-4-8-29-68-50(72)26-27-51(68)73)46(70)30-40(16-11-28-59-56(58)75)55(74)63-43-23-20-38(21-24-43)34-77-57(76)67(31-41-15-10-14-39-13-6-7-17-44(39)41)33-47-64-53(42-22-25-48-60-35-61-69(48)32-42)54(65-47)45-18-9-12-37(3)62-45/h6-7,9-10,12-15,17-18,20-27,32,35-36,40,52H,4-5,8,11,16,19,28-31,33-34H2,1-3H3,(H,63,74)(H,64,65)(H,66,71)(H3,58,59,75)/t40-,52+/m1/s1. The monoisotopic (exact) mass is 1040 g/mol. The second-order valence-electron chi connectivity index (χ2n) is 19.3. The lowest BCUT2D eigenvalue weighted by Crippen LogP contribution is -2.45. The summed E-state index contributed by atoms with van der Waals surface area (Å²) >= 11 is 0. The van der Waals surface area contributed by atoms with Gasteiger partial charge in [-0.25, -0.2) is 24.1 Å². The summed E-state index contributed by atoms with van der Waals surface area (Å²) < 4.78 is 7.68. The van der Waals surface area contributed by atoms with Crippen molar-refractivity contribution in [2.75, 3.05) is 18.4 Å². The molecule has 7 amide bonds. The molecule has 0 fully saturated rings. The van der Waals surface area contributed by atoms with Crippen molar-refractivity contribution in [3.63, 3.8) is 0 Å². The number of H-pyrrole nitrogens is 1. The number of amides is 7. The number of carbonyl (C=O) groups is 7. The molecule has 0 radical (unpaired) electrons. The first-order chi connectivity index (χ1) is 37.2. The molecule has 0 saturated carbocycles. The molecule has 6 N–H and O–H groups in total. The average Bonchev–Trinajstić information content (AvgIpc) is 4.17.